The first kappa shape index (κ1) is 11.4. The van der Waals surface area contributed by atoms with Crippen molar-refractivity contribution in [2.24, 2.45) is 5.92 Å². The highest BCUT2D eigenvalue weighted by molar-refractivity contribution is 7.13. The van der Waals surface area contributed by atoms with Gasteiger partial charge in [0.2, 0.25) is 0 Å². The van der Waals surface area contributed by atoms with Gasteiger partial charge in [0.25, 0.3) is 0 Å². The summed E-state index contributed by atoms with van der Waals surface area (Å²) < 4.78 is 4.61. The number of hydrogen-bond donors (Lipinski definition) is 1. The molecule has 4 nitrogen and oxygen atoms in total. The fourth-order valence-corrected chi connectivity index (χ4v) is 2.57. The molecular weight excluding hydrogens is 224 g/mol. The third kappa shape index (κ3) is 2.35. The SMILES string of the molecule is COC(=O)c1csc(NC(C)C2CCC2)n1. The molecule has 5 heteroatoms. The number of carbonyl (C=O) groups excluding carboxylic acids is 1. The Kier molecular flexibility index (Phi) is 3.43. The Bertz CT molecular complexity index is 374. The van der Waals surface area contributed by atoms with Crippen LogP contribution >= 0.6 is 11.3 Å². The Morgan fingerprint density at radius 2 is 2.44 bits per heavy atom. The molecular formula is C11H16N2O2S. The van der Waals surface area contributed by atoms with Gasteiger partial charge in [-0.3, -0.25) is 0 Å². The maximum atomic E-state index is 11.2. The smallest absolute Gasteiger partial charge is 0.357 e. The maximum absolute atomic E-state index is 11.2. The number of esters is 1. The number of aromatic nitrogens is 1. The fourth-order valence-electron chi connectivity index (χ4n) is 1.79. The minimum Gasteiger partial charge on any atom is -0.464 e. The molecule has 16 heavy (non-hydrogen) atoms. The molecule has 88 valence electrons. The second-order valence-corrected chi connectivity index (χ2v) is 5.01. The number of hydrogen-bond acceptors (Lipinski definition) is 5. The third-order valence-electron chi connectivity index (χ3n) is 3.11. The van der Waals surface area contributed by atoms with Gasteiger partial charge in [0.1, 0.15) is 0 Å². The Morgan fingerprint density at radius 1 is 1.69 bits per heavy atom. The van der Waals surface area contributed by atoms with Crippen LogP contribution in [-0.2, 0) is 4.74 Å². The Balaban J connectivity index is 1.93. The van der Waals surface area contributed by atoms with Crippen molar-refractivity contribution in [3.63, 3.8) is 0 Å². The van der Waals surface area contributed by atoms with Crippen LogP contribution in [0.2, 0.25) is 0 Å². The van der Waals surface area contributed by atoms with Crippen LogP contribution in [0.5, 0.6) is 0 Å². The molecule has 1 atom stereocenters. The summed E-state index contributed by atoms with van der Waals surface area (Å²) in [6, 6.07) is 0.436. The molecule has 0 amide bonds. The van der Waals surface area contributed by atoms with Crippen molar-refractivity contribution < 1.29 is 9.53 Å². The van der Waals surface area contributed by atoms with Gasteiger partial charge in [-0.2, -0.15) is 0 Å². The van der Waals surface area contributed by atoms with Gasteiger partial charge in [0.05, 0.1) is 7.11 Å². The molecule has 0 spiro atoms. The summed E-state index contributed by atoms with van der Waals surface area (Å²) in [5, 5.41) is 5.87. The average molecular weight is 240 g/mol. The molecule has 1 aliphatic carbocycles. The van der Waals surface area contributed by atoms with Gasteiger partial charge >= 0.3 is 5.97 Å². The van der Waals surface area contributed by atoms with E-state index in [2.05, 4.69) is 22.0 Å². The monoisotopic (exact) mass is 240 g/mol. The molecule has 0 bridgehead atoms. The zero-order valence-corrected chi connectivity index (χ0v) is 10.3. The van der Waals surface area contributed by atoms with Crippen LogP contribution in [0.25, 0.3) is 0 Å². The molecule has 1 aromatic rings. The maximum Gasteiger partial charge on any atom is 0.357 e. The van der Waals surface area contributed by atoms with Gasteiger partial charge < -0.3 is 10.1 Å². The number of ether oxygens (including phenoxy) is 1. The van der Waals surface area contributed by atoms with Crippen molar-refractivity contribution in [2.45, 2.75) is 32.2 Å². The first-order chi connectivity index (χ1) is 7.70. The van der Waals surface area contributed by atoms with E-state index in [0.29, 0.717) is 11.7 Å². The number of anilines is 1. The average Bonchev–Trinajstić information content (AvgIpc) is 2.62. The van der Waals surface area contributed by atoms with E-state index in [1.54, 1.807) is 5.38 Å². The van der Waals surface area contributed by atoms with Crippen molar-refractivity contribution in [2.75, 3.05) is 12.4 Å². The summed E-state index contributed by atoms with van der Waals surface area (Å²) >= 11 is 1.45. The minimum absolute atomic E-state index is 0.374. The summed E-state index contributed by atoms with van der Waals surface area (Å²) in [6.07, 6.45) is 3.93. The number of methoxy groups -OCH3 is 1. The first-order valence-electron chi connectivity index (χ1n) is 5.51. The zero-order valence-electron chi connectivity index (χ0n) is 9.53. The van der Waals surface area contributed by atoms with Crippen LogP contribution < -0.4 is 5.32 Å². The summed E-state index contributed by atoms with van der Waals surface area (Å²) in [5.41, 5.74) is 0.385. The van der Waals surface area contributed by atoms with Gasteiger partial charge in [-0.05, 0) is 25.7 Å². The fraction of sp³-hybridized carbons (Fsp3) is 0.636. The molecule has 1 fully saturated rings. The number of carbonyl (C=O) groups is 1. The van der Waals surface area contributed by atoms with Crippen molar-refractivity contribution >= 4 is 22.4 Å². The van der Waals surface area contributed by atoms with Crippen LogP contribution in [0.1, 0.15) is 36.7 Å². The quantitative estimate of drug-likeness (QED) is 0.822. The summed E-state index contributed by atoms with van der Waals surface area (Å²) in [5.74, 6) is 0.381. The number of rotatable bonds is 4. The van der Waals surface area contributed by atoms with E-state index in [4.69, 9.17) is 0 Å². The lowest BCUT2D eigenvalue weighted by Crippen LogP contribution is -2.30. The predicted molar refractivity (Wildman–Crippen MR) is 63.9 cm³/mol. The van der Waals surface area contributed by atoms with Gasteiger partial charge in [-0.15, -0.1) is 11.3 Å². The van der Waals surface area contributed by atoms with Gasteiger partial charge in [0, 0.05) is 11.4 Å². The molecule has 2 rings (SSSR count). The first-order valence-corrected chi connectivity index (χ1v) is 6.39. The van der Waals surface area contributed by atoms with Crippen molar-refractivity contribution in [1.29, 1.82) is 0 Å². The van der Waals surface area contributed by atoms with E-state index in [1.165, 1.54) is 37.7 Å². The summed E-state index contributed by atoms with van der Waals surface area (Å²) in [6.45, 7) is 2.17. The van der Waals surface area contributed by atoms with Crippen molar-refractivity contribution in [1.82, 2.24) is 4.98 Å². The molecule has 0 aromatic carbocycles. The van der Waals surface area contributed by atoms with E-state index < -0.39 is 0 Å². The molecule has 1 aliphatic rings. The van der Waals surface area contributed by atoms with E-state index >= 15 is 0 Å². The lowest BCUT2D eigenvalue weighted by Gasteiger charge is -2.31. The van der Waals surface area contributed by atoms with E-state index in [1.807, 2.05) is 0 Å². The number of nitrogens with one attached hydrogen (secondary N) is 1. The van der Waals surface area contributed by atoms with Crippen molar-refractivity contribution in [3.05, 3.63) is 11.1 Å². The highest BCUT2D eigenvalue weighted by atomic mass is 32.1. The summed E-state index contributed by atoms with van der Waals surface area (Å²) in [7, 11) is 1.37. The third-order valence-corrected chi connectivity index (χ3v) is 3.88. The summed E-state index contributed by atoms with van der Waals surface area (Å²) in [4.78, 5) is 15.4. The van der Waals surface area contributed by atoms with E-state index in [-0.39, 0.29) is 5.97 Å². The lowest BCUT2D eigenvalue weighted by molar-refractivity contribution is 0.0595. The molecule has 1 saturated carbocycles. The van der Waals surface area contributed by atoms with Crippen molar-refractivity contribution in [3.8, 4) is 0 Å². The Labute approximate surface area is 99.0 Å². The molecule has 1 unspecified atom stereocenters. The normalized spacial score (nSPS) is 17.6. The molecule has 0 radical (unpaired) electrons. The molecule has 1 aromatic heterocycles. The minimum atomic E-state index is -0.374. The predicted octanol–water partition coefficient (Wildman–Crippen LogP) is 2.53. The van der Waals surface area contributed by atoms with E-state index in [9.17, 15) is 4.79 Å². The van der Waals surface area contributed by atoms with Gasteiger partial charge in [-0.1, -0.05) is 6.42 Å². The van der Waals surface area contributed by atoms with Crippen LogP contribution in [0, 0.1) is 5.92 Å². The number of thiazole rings is 1. The van der Waals surface area contributed by atoms with Crippen LogP contribution in [0.3, 0.4) is 0 Å². The second-order valence-electron chi connectivity index (χ2n) is 4.15. The Morgan fingerprint density at radius 3 is 3.00 bits per heavy atom. The molecule has 1 N–H and O–H groups in total. The molecule has 0 aliphatic heterocycles. The van der Waals surface area contributed by atoms with Crippen LogP contribution in [0.15, 0.2) is 5.38 Å². The van der Waals surface area contributed by atoms with Crippen LogP contribution in [-0.4, -0.2) is 24.1 Å². The van der Waals surface area contributed by atoms with Gasteiger partial charge in [-0.25, -0.2) is 9.78 Å². The molecule has 1 heterocycles. The number of nitrogens with zero attached hydrogens (tertiary/aromatic N) is 1. The van der Waals surface area contributed by atoms with Crippen LogP contribution in [0.4, 0.5) is 5.13 Å². The highest BCUT2D eigenvalue weighted by Gasteiger charge is 2.24. The topological polar surface area (TPSA) is 51.2 Å². The molecule has 0 saturated heterocycles. The Hall–Kier alpha value is -1.10. The largest absolute Gasteiger partial charge is 0.464 e. The zero-order chi connectivity index (χ0) is 11.5. The highest BCUT2D eigenvalue weighted by Crippen LogP contribution is 2.31. The second kappa shape index (κ2) is 4.82. The lowest BCUT2D eigenvalue weighted by atomic mass is 9.80. The van der Waals surface area contributed by atoms with E-state index in [0.717, 1.165) is 11.0 Å². The standard InChI is InChI=1S/C11H16N2O2S/c1-7(8-4-3-5-8)12-11-13-9(6-16-11)10(14)15-2/h6-8H,3-5H2,1-2H3,(H,12,13). The van der Waals surface area contributed by atoms with Gasteiger partial charge in [0.15, 0.2) is 10.8 Å².